The fraction of sp³-hybridized carbons (Fsp3) is 0.211. The van der Waals surface area contributed by atoms with Crippen LogP contribution in [0, 0.1) is 24.0 Å². The highest BCUT2D eigenvalue weighted by Crippen LogP contribution is 2.25. The molecule has 0 aliphatic rings. The summed E-state index contributed by atoms with van der Waals surface area (Å²) in [6.07, 6.45) is 0. The Kier molecular flexibility index (Phi) is 5.44. The molecule has 0 fully saturated rings. The summed E-state index contributed by atoms with van der Waals surface area (Å²) >= 11 is 0. The van der Waals surface area contributed by atoms with E-state index in [2.05, 4.69) is 10.4 Å². The van der Waals surface area contributed by atoms with Gasteiger partial charge in [-0.1, -0.05) is 0 Å². The zero-order valence-electron chi connectivity index (χ0n) is 16.0. The van der Waals surface area contributed by atoms with Crippen molar-refractivity contribution in [2.24, 2.45) is 7.05 Å². The van der Waals surface area contributed by atoms with Gasteiger partial charge in [-0.3, -0.25) is 19.6 Å². The molecule has 3 aromatic rings. The van der Waals surface area contributed by atoms with Crippen LogP contribution in [-0.4, -0.2) is 33.2 Å². The van der Waals surface area contributed by atoms with Crippen molar-refractivity contribution in [1.82, 2.24) is 9.78 Å². The van der Waals surface area contributed by atoms with E-state index >= 15 is 0 Å². The Bertz CT molecular complexity index is 1080. The summed E-state index contributed by atoms with van der Waals surface area (Å²) in [5, 5.41) is 17.6. The molecule has 0 saturated heterocycles. The van der Waals surface area contributed by atoms with Gasteiger partial charge in [-0.05, 0) is 38.1 Å². The van der Waals surface area contributed by atoms with Crippen molar-refractivity contribution in [3.05, 3.63) is 63.7 Å². The largest absolute Gasteiger partial charge is 0.450 e. The minimum atomic E-state index is -0.798. The SMILES string of the molecule is Cc1nn(C)c(C)c1NC(=O)COC(=O)c1ccc(-c2ccc([N+](=O)[O-])cc2)o1. The van der Waals surface area contributed by atoms with Crippen LogP contribution < -0.4 is 5.32 Å². The van der Waals surface area contributed by atoms with E-state index in [1.54, 1.807) is 24.7 Å². The number of ether oxygens (including phenoxy) is 1. The van der Waals surface area contributed by atoms with E-state index in [0.717, 1.165) is 5.69 Å². The number of nitrogens with one attached hydrogen (secondary N) is 1. The molecule has 1 amide bonds. The first-order chi connectivity index (χ1) is 13.8. The second kappa shape index (κ2) is 7.97. The normalized spacial score (nSPS) is 10.6. The van der Waals surface area contributed by atoms with Gasteiger partial charge in [-0.25, -0.2) is 4.79 Å². The third-order valence-corrected chi connectivity index (χ3v) is 4.28. The first kappa shape index (κ1) is 19.8. The fourth-order valence-corrected chi connectivity index (χ4v) is 2.68. The molecule has 0 bridgehead atoms. The number of furan rings is 1. The molecule has 3 rings (SSSR count). The van der Waals surface area contributed by atoms with Gasteiger partial charge in [0.15, 0.2) is 6.61 Å². The van der Waals surface area contributed by atoms with Gasteiger partial charge in [0.05, 0.1) is 22.0 Å². The van der Waals surface area contributed by atoms with Crippen LogP contribution in [0.4, 0.5) is 11.4 Å². The summed E-state index contributed by atoms with van der Waals surface area (Å²) < 4.78 is 12.1. The highest BCUT2D eigenvalue weighted by Gasteiger charge is 2.18. The lowest BCUT2D eigenvalue weighted by Gasteiger charge is -2.06. The van der Waals surface area contributed by atoms with Gasteiger partial charge >= 0.3 is 5.97 Å². The molecule has 10 heteroatoms. The van der Waals surface area contributed by atoms with E-state index in [9.17, 15) is 19.7 Å². The maximum absolute atomic E-state index is 12.1. The molecule has 2 heterocycles. The van der Waals surface area contributed by atoms with Crippen LogP contribution in [0.3, 0.4) is 0 Å². The third-order valence-electron chi connectivity index (χ3n) is 4.28. The highest BCUT2D eigenvalue weighted by molar-refractivity contribution is 5.95. The number of hydrogen-bond acceptors (Lipinski definition) is 7. The standard InChI is InChI=1S/C19H18N4O6/c1-11-18(12(2)22(3)21-11)20-17(24)10-28-19(25)16-9-8-15(29-16)13-4-6-14(7-5-13)23(26)27/h4-9H,10H2,1-3H3,(H,20,24). The number of anilines is 1. The number of carbonyl (C=O) groups excluding carboxylic acids is 2. The average Bonchev–Trinajstić information content (AvgIpc) is 3.27. The number of carbonyl (C=O) groups is 2. The topological polar surface area (TPSA) is 130 Å². The van der Waals surface area contributed by atoms with E-state index < -0.39 is 23.4 Å². The molecular weight excluding hydrogens is 380 g/mol. The number of nitro benzene ring substituents is 1. The molecule has 1 N–H and O–H groups in total. The molecule has 0 saturated carbocycles. The lowest BCUT2D eigenvalue weighted by atomic mass is 10.1. The second-order valence-electron chi connectivity index (χ2n) is 6.26. The number of nitrogens with zero attached hydrogens (tertiary/aromatic N) is 3. The number of aromatic nitrogens is 2. The van der Waals surface area contributed by atoms with E-state index in [1.807, 2.05) is 6.92 Å². The summed E-state index contributed by atoms with van der Waals surface area (Å²) in [6.45, 7) is 3.08. The van der Waals surface area contributed by atoms with Crippen molar-refractivity contribution in [1.29, 1.82) is 0 Å². The number of esters is 1. The van der Waals surface area contributed by atoms with E-state index in [-0.39, 0.29) is 11.4 Å². The van der Waals surface area contributed by atoms with Gasteiger partial charge < -0.3 is 14.5 Å². The Hall–Kier alpha value is -3.95. The molecule has 1 aromatic carbocycles. The number of aryl methyl sites for hydroxylation is 2. The first-order valence-electron chi connectivity index (χ1n) is 8.58. The smallest absolute Gasteiger partial charge is 0.374 e. The van der Waals surface area contributed by atoms with Crippen molar-refractivity contribution < 1.29 is 23.7 Å². The second-order valence-corrected chi connectivity index (χ2v) is 6.26. The Morgan fingerprint density at radius 2 is 1.90 bits per heavy atom. The van der Waals surface area contributed by atoms with Crippen molar-refractivity contribution in [2.45, 2.75) is 13.8 Å². The number of hydrogen-bond donors (Lipinski definition) is 1. The Morgan fingerprint density at radius 1 is 1.21 bits per heavy atom. The van der Waals surface area contributed by atoms with Gasteiger partial charge in [0.25, 0.3) is 11.6 Å². The van der Waals surface area contributed by atoms with Crippen LogP contribution >= 0.6 is 0 Å². The van der Waals surface area contributed by atoms with E-state index in [4.69, 9.17) is 9.15 Å². The van der Waals surface area contributed by atoms with Gasteiger partial charge in [-0.15, -0.1) is 0 Å². The number of amides is 1. The van der Waals surface area contributed by atoms with Crippen molar-refractivity contribution in [3.8, 4) is 11.3 Å². The van der Waals surface area contributed by atoms with Crippen molar-refractivity contribution >= 4 is 23.3 Å². The fourth-order valence-electron chi connectivity index (χ4n) is 2.68. The molecule has 2 aromatic heterocycles. The van der Waals surface area contributed by atoms with E-state index in [0.29, 0.717) is 22.7 Å². The van der Waals surface area contributed by atoms with Crippen LogP contribution in [0.5, 0.6) is 0 Å². The van der Waals surface area contributed by atoms with Crippen LogP contribution in [0.2, 0.25) is 0 Å². The molecule has 29 heavy (non-hydrogen) atoms. The molecule has 0 atom stereocenters. The van der Waals surface area contributed by atoms with Crippen molar-refractivity contribution in [2.75, 3.05) is 11.9 Å². The zero-order chi connectivity index (χ0) is 21.1. The third kappa shape index (κ3) is 4.32. The van der Waals surface area contributed by atoms with Gasteiger partial charge in [0, 0.05) is 24.7 Å². The van der Waals surface area contributed by atoms with Gasteiger partial charge in [0.2, 0.25) is 5.76 Å². The summed E-state index contributed by atoms with van der Waals surface area (Å²) in [5.74, 6) is -1.04. The van der Waals surface area contributed by atoms with Crippen molar-refractivity contribution in [3.63, 3.8) is 0 Å². The zero-order valence-corrected chi connectivity index (χ0v) is 16.0. The summed E-state index contributed by atoms with van der Waals surface area (Å²) in [4.78, 5) is 34.4. The number of nitro groups is 1. The summed E-state index contributed by atoms with van der Waals surface area (Å²) in [5.41, 5.74) is 2.52. The maximum atomic E-state index is 12.1. The molecule has 10 nitrogen and oxygen atoms in total. The number of non-ortho nitro benzene ring substituents is 1. The molecule has 0 unspecified atom stereocenters. The van der Waals surface area contributed by atoms with E-state index in [1.165, 1.54) is 30.3 Å². The molecular formula is C19H18N4O6. The highest BCUT2D eigenvalue weighted by atomic mass is 16.6. The minimum absolute atomic E-state index is 0.0509. The average molecular weight is 398 g/mol. The predicted octanol–water partition coefficient (Wildman–Crippen LogP) is 3.00. The minimum Gasteiger partial charge on any atom is -0.450 e. The molecule has 0 aliphatic heterocycles. The van der Waals surface area contributed by atoms with Crippen LogP contribution in [-0.2, 0) is 16.6 Å². The number of rotatable bonds is 6. The van der Waals surface area contributed by atoms with Crippen LogP contribution in [0.25, 0.3) is 11.3 Å². The van der Waals surface area contributed by atoms with Crippen LogP contribution in [0.15, 0.2) is 40.8 Å². The Labute approximate surface area is 165 Å². The summed E-state index contributed by atoms with van der Waals surface area (Å²) in [7, 11) is 1.76. The summed E-state index contributed by atoms with van der Waals surface area (Å²) in [6, 6.07) is 8.65. The number of benzene rings is 1. The van der Waals surface area contributed by atoms with Gasteiger partial charge in [-0.2, -0.15) is 5.10 Å². The monoisotopic (exact) mass is 398 g/mol. The van der Waals surface area contributed by atoms with Crippen LogP contribution in [0.1, 0.15) is 21.9 Å². The quantitative estimate of drug-likeness (QED) is 0.384. The lowest BCUT2D eigenvalue weighted by Crippen LogP contribution is -2.21. The predicted molar refractivity (Wildman–Crippen MR) is 102 cm³/mol. The molecule has 0 radical (unpaired) electrons. The molecule has 150 valence electrons. The first-order valence-corrected chi connectivity index (χ1v) is 8.58. The van der Waals surface area contributed by atoms with Gasteiger partial charge in [0.1, 0.15) is 5.76 Å². The molecule has 0 aliphatic carbocycles. The molecule has 0 spiro atoms. The lowest BCUT2D eigenvalue weighted by molar-refractivity contribution is -0.384. The Balaban J connectivity index is 1.60. The maximum Gasteiger partial charge on any atom is 0.374 e. The Morgan fingerprint density at radius 3 is 2.48 bits per heavy atom.